The highest BCUT2D eigenvalue weighted by Crippen LogP contribution is 2.38. The predicted molar refractivity (Wildman–Crippen MR) is 63.7 cm³/mol. The first-order chi connectivity index (χ1) is 8.74. The Morgan fingerprint density at radius 3 is 3.06 bits per heavy atom. The minimum Gasteiger partial charge on any atom is -0.480 e. The second-order valence-electron chi connectivity index (χ2n) is 4.63. The van der Waals surface area contributed by atoms with Crippen LogP contribution in [0, 0.1) is 0 Å². The van der Waals surface area contributed by atoms with Crippen molar-refractivity contribution in [1.29, 1.82) is 0 Å². The van der Waals surface area contributed by atoms with Gasteiger partial charge in [0.05, 0.1) is 6.54 Å². The Morgan fingerprint density at radius 1 is 1.39 bits per heavy atom. The van der Waals surface area contributed by atoms with Gasteiger partial charge in [0.2, 0.25) is 6.79 Å². The Labute approximate surface area is 105 Å². The van der Waals surface area contributed by atoms with Gasteiger partial charge in [0, 0.05) is 6.04 Å². The van der Waals surface area contributed by atoms with Gasteiger partial charge in [-0.25, -0.2) is 0 Å². The van der Waals surface area contributed by atoms with E-state index in [4.69, 9.17) is 14.6 Å². The normalized spacial score (nSPS) is 22.3. The molecule has 5 heteroatoms. The summed E-state index contributed by atoms with van der Waals surface area (Å²) in [6, 6.07) is 6.04. The third kappa shape index (κ3) is 2.01. The molecule has 0 amide bonds. The number of carboxylic acid groups (broad SMARTS) is 1. The highest BCUT2D eigenvalue weighted by Gasteiger charge is 2.28. The molecule has 1 N–H and O–H groups in total. The molecule has 18 heavy (non-hydrogen) atoms. The summed E-state index contributed by atoms with van der Waals surface area (Å²) in [6.07, 6.45) is 2.03. The number of fused-ring (bicyclic) bond motifs is 1. The van der Waals surface area contributed by atoms with E-state index >= 15 is 0 Å². The molecule has 0 radical (unpaired) electrons. The summed E-state index contributed by atoms with van der Waals surface area (Å²) in [5, 5.41) is 8.91. The number of likely N-dealkylation sites (tertiary alicyclic amines) is 1. The van der Waals surface area contributed by atoms with Crippen molar-refractivity contribution in [1.82, 2.24) is 4.90 Å². The van der Waals surface area contributed by atoms with Crippen LogP contribution >= 0.6 is 0 Å². The fourth-order valence-electron chi connectivity index (χ4n) is 2.69. The fourth-order valence-corrected chi connectivity index (χ4v) is 2.69. The lowest BCUT2D eigenvalue weighted by Gasteiger charge is -2.23. The van der Waals surface area contributed by atoms with Crippen LogP contribution in [0.1, 0.15) is 24.4 Å². The first kappa shape index (κ1) is 11.3. The van der Waals surface area contributed by atoms with Gasteiger partial charge < -0.3 is 14.6 Å². The third-order valence-electron chi connectivity index (χ3n) is 3.48. The van der Waals surface area contributed by atoms with Gasteiger partial charge in [-0.15, -0.1) is 0 Å². The standard InChI is InChI=1S/C13H15NO4/c15-13(16)7-14-5-1-2-10(14)9-3-4-11-12(6-9)18-8-17-11/h3-4,6,10H,1-2,5,7-8H2,(H,15,16)/t10-/m1/s1. The van der Waals surface area contributed by atoms with E-state index in [0.717, 1.165) is 36.4 Å². The molecule has 0 bridgehead atoms. The number of hydrogen-bond acceptors (Lipinski definition) is 4. The fraction of sp³-hybridized carbons (Fsp3) is 0.462. The lowest BCUT2D eigenvalue weighted by atomic mass is 10.0. The maximum Gasteiger partial charge on any atom is 0.317 e. The number of aliphatic carboxylic acids is 1. The van der Waals surface area contributed by atoms with Crippen molar-refractivity contribution in [3.05, 3.63) is 23.8 Å². The molecular weight excluding hydrogens is 234 g/mol. The van der Waals surface area contributed by atoms with Crippen molar-refractivity contribution in [2.45, 2.75) is 18.9 Å². The third-order valence-corrected chi connectivity index (χ3v) is 3.48. The van der Waals surface area contributed by atoms with Crippen molar-refractivity contribution >= 4 is 5.97 Å². The molecular formula is C13H15NO4. The van der Waals surface area contributed by atoms with Crippen molar-refractivity contribution in [2.24, 2.45) is 0 Å². The van der Waals surface area contributed by atoms with Gasteiger partial charge in [0.15, 0.2) is 11.5 Å². The topological polar surface area (TPSA) is 59.0 Å². The van der Waals surface area contributed by atoms with Gasteiger partial charge in [-0.1, -0.05) is 6.07 Å². The lowest BCUT2D eigenvalue weighted by Crippen LogP contribution is -2.29. The van der Waals surface area contributed by atoms with Crippen molar-refractivity contribution in [3.63, 3.8) is 0 Å². The molecule has 0 aliphatic carbocycles. The van der Waals surface area contributed by atoms with Crippen LogP contribution in [0.15, 0.2) is 18.2 Å². The van der Waals surface area contributed by atoms with E-state index in [1.807, 2.05) is 23.1 Å². The minimum absolute atomic E-state index is 0.0963. The van der Waals surface area contributed by atoms with E-state index in [2.05, 4.69) is 0 Å². The van der Waals surface area contributed by atoms with E-state index in [-0.39, 0.29) is 19.4 Å². The molecule has 1 aromatic carbocycles. The second-order valence-corrected chi connectivity index (χ2v) is 4.63. The maximum absolute atomic E-state index is 10.8. The van der Waals surface area contributed by atoms with Crippen molar-refractivity contribution < 1.29 is 19.4 Å². The molecule has 96 valence electrons. The number of nitrogens with zero attached hydrogens (tertiary/aromatic N) is 1. The molecule has 2 aliphatic heterocycles. The zero-order valence-corrected chi connectivity index (χ0v) is 9.96. The molecule has 1 aromatic rings. The van der Waals surface area contributed by atoms with Crippen LogP contribution in [0.4, 0.5) is 0 Å². The van der Waals surface area contributed by atoms with Crippen LogP contribution in [-0.4, -0.2) is 35.9 Å². The summed E-state index contributed by atoms with van der Waals surface area (Å²) < 4.78 is 10.6. The largest absolute Gasteiger partial charge is 0.480 e. The summed E-state index contributed by atoms with van der Waals surface area (Å²) in [6.45, 7) is 1.20. The Kier molecular flexibility index (Phi) is 2.83. The van der Waals surface area contributed by atoms with Gasteiger partial charge in [-0.2, -0.15) is 0 Å². The van der Waals surface area contributed by atoms with Crippen LogP contribution in [0.2, 0.25) is 0 Å². The van der Waals surface area contributed by atoms with E-state index < -0.39 is 5.97 Å². The zero-order valence-electron chi connectivity index (χ0n) is 9.96. The monoisotopic (exact) mass is 249 g/mol. The molecule has 0 unspecified atom stereocenters. The summed E-state index contributed by atoms with van der Waals surface area (Å²) >= 11 is 0. The molecule has 0 saturated carbocycles. The summed E-state index contributed by atoms with van der Waals surface area (Å²) in [5.41, 5.74) is 1.11. The van der Waals surface area contributed by atoms with Crippen LogP contribution in [0.3, 0.4) is 0 Å². The average Bonchev–Trinajstić information content (AvgIpc) is 2.95. The highest BCUT2D eigenvalue weighted by atomic mass is 16.7. The second kappa shape index (κ2) is 4.49. The lowest BCUT2D eigenvalue weighted by molar-refractivity contribution is -0.138. The highest BCUT2D eigenvalue weighted by molar-refractivity contribution is 5.69. The van der Waals surface area contributed by atoms with Gasteiger partial charge >= 0.3 is 5.97 Å². The van der Waals surface area contributed by atoms with Gasteiger partial charge in [0.25, 0.3) is 0 Å². The number of rotatable bonds is 3. The molecule has 5 nitrogen and oxygen atoms in total. The number of benzene rings is 1. The van der Waals surface area contributed by atoms with Gasteiger partial charge in [0.1, 0.15) is 0 Å². The van der Waals surface area contributed by atoms with Crippen molar-refractivity contribution in [2.75, 3.05) is 19.9 Å². The zero-order chi connectivity index (χ0) is 12.5. The number of hydrogen-bond donors (Lipinski definition) is 1. The predicted octanol–water partition coefficient (Wildman–Crippen LogP) is 1.64. The van der Waals surface area contributed by atoms with Crippen LogP contribution in [0.5, 0.6) is 11.5 Å². The number of ether oxygens (including phenoxy) is 2. The quantitative estimate of drug-likeness (QED) is 0.882. The molecule has 3 rings (SSSR count). The number of carboxylic acids is 1. The Hall–Kier alpha value is -1.75. The number of carbonyl (C=O) groups is 1. The molecule has 0 aromatic heterocycles. The molecule has 1 saturated heterocycles. The van der Waals surface area contributed by atoms with E-state index in [1.165, 1.54) is 0 Å². The van der Waals surface area contributed by atoms with Crippen molar-refractivity contribution in [3.8, 4) is 11.5 Å². The molecule has 1 atom stereocenters. The molecule has 2 heterocycles. The van der Waals surface area contributed by atoms with Crippen LogP contribution < -0.4 is 9.47 Å². The Morgan fingerprint density at radius 2 is 2.22 bits per heavy atom. The molecule has 1 fully saturated rings. The molecule has 0 spiro atoms. The first-order valence-electron chi connectivity index (χ1n) is 6.09. The maximum atomic E-state index is 10.8. The SMILES string of the molecule is O=C(O)CN1CCC[C@@H]1c1ccc2c(c1)OCO2. The van der Waals surface area contributed by atoms with E-state index in [1.54, 1.807) is 0 Å². The summed E-state index contributed by atoms with van der Waals surface area (Å²) in [5.74, 6) is 0.749. The minimum atomic E-state index is -0.775. The summed E-state index contributed by atoms with van der Waals surface area (Å²) in [7, 11) is 0. The Bertz CT molecular complexity index is 474. The first-order valence-corrected chi connectivity index (χ1v) is 6.09. The Balaban J connectivity index is 1.83. The van der Waals surface area contributed by atoms with Crippen LogP contribution in [0.25, 0.3) is 0 Å². The van der Waals surface area contributed by atoms with E-state index in [0.29, 0.717) is 0 Å². The summed E-state index contributed by atoms with van der Waals surface area (Å²) in [4.78, 5) is 12.8. The van der Waals surface area contributed by atoms with Gasteiger partial charge in [-0.05, 0) is 37.1 Å². The smallest absolute Gasteiger partial charge is 0.317 e. The molecule has 2 aliphatic rings. The van der Waals surface area contributed by atoms with E-state index in [9.17, 15) is 4.79 Å². The average molecular weight is 249 g/mol. The van der Waals surface area contributed by atoms with Gasteiger partial charge in [-0.3, -0.25) is 9.69 Å². The van der Waals surface area contributed by atoms with Crippen LogP contribution in [-0.2, 0) is 4.79 Å².